The molecule has 1 rings (SSSR count). The molecular weight excluding hydrogens is 294 g/mol. The van der Waals surface area contributed by atoms with Crippen molar-refractivity contribution in [3.8, 4) is 0 Å². The van der Waals surface area contributed by atoms with Crippen LogP contribution in [0.3, 0.4) is 0 Å². The SMILES string of the molecule is CCC(C)(CN(C)Cc1ccccc1Br)C(=O)O. The lowest BCUT2D eigenvalue weighted by Crippen LogP contribution is -2.38. The molecule has 0 aromatic heterocycles. The summed E-state index contributed by atoms with van der Waals surface area (Å²) in [7, 11) is 1.95. The van der Waals surface area contributed by atoms with E-state index in [9.17, 15) is 9.90 Å². The summed E-state index contributed by atoms with van der Waals surface area (Å²) in [6.45, 7) is 5.00. The number of hydrogen-bond acceptors (Lipinski definition) is 2. The third-order valence-electron chi connectivity index (χ3n) is 3.31. The molecule has 0 radical (unpaired) electrons. The van der Waals surface area contributed by atoms with E-state index >= 15 is 0 Å². The summed E-state index contributed by atoms with van der Waals surface area (Å²) >= 11 is 3.51. The number of halogens is 1. The highest BCUT2D eigenvalue weighted by Crippen LogP contribution is 2.24. The summed E-state index contributed by atoms with van der Waals surface area (Å²) in [5.41, 5.74) is 0.486. The van der Waals surface area contributed by atoms with Crippen molar-refractivity contribution < 1.29 is 9.90 Å². The fourth-order valence-corrected chi connectivity index (χ4v) is 2.31. The number of carboxylic acids is 1. The van der Waals surface area contributed by atoms with Crippen LogP contribution in [0.1, 0.15) is 25.8 Å². The number of rotatable bonds is 6. The Bertz CT molecular complexity index is 422. The van der Waals surface area contributed by atoms with Crippen molar-refractivity contribution in [1.82, 2.24) is 4.90 Å². The van der Waals surface area contributed by atoms with Gasteiger partial charge in [0.25, 0.3) is 0 Å². The standard InChI is InChI=1S/C14H20BrNO2/c1-4-14(2,13(17)18)10-16(3)9-11-7-5-6-8-12(11)15/h5-8H,4,9-10H2,1-3H3,(H,17,18). The highest BCUT2D eigenvalue weighted by atomic mass is 79.9. The molecule has 0 saturated carbocycles. The molecule has 18 heavy (non-hydrogen) atoms. The van der Waals surface area contributed by atoms with Crippen molar-refractivity contribution in [3.63, 3.8) is 0 Å². The number of nitrogens with zero attached hydrogens (tertiary/aromatic N) is 1. The van der Waals surface area contributed by atoms with Gasteiger partial charge in [0.1, 0.15) is 0 Å². The molecule has 0 aliphatic heterocycles. The van der Waals surface area contributed by atoms with Gasteiger partial charge in [0.15, 0.2) is 0 Å². The number of aliphatic carboxylic acids is 1. The van der Waals surface area contributed by atoms with Crippen LogP contribution in [0.5, 0.6) is 0 Å². The lowest BCUT2D eigenvalue weighted by atomic mass is 9.87. The normalized spacial score (nSPS) is 14.5. The van der Waals surface area contributed by atoms with Gasteiger partial charge in [-0.2, -0.15) is 0 Å². The zero-order chi connectivity index (χ0) is 13.8. The summed E-state index contributed by atoms with van der Waals surface area (Å²) in [5.74, 6) is -0.732. The first-order chi connectivity index (χ1) is 8.39. The molecule has 1 unspecified atom stereocenters. The zero-order valence-electron chi connectivity index (χ0n) is 11.1. The van der Waals surface area contributed by atoms with Crippen molar-refractivity contribution in [3.05, 3.63) is 34.3 Å². The molecule has 3 nitrogen and oxygen atoms in total. The fraction of sp³-hybridized carbons (Fsp3) is 0.500. The molecule has 0 spiro atoms. The summed E-state index contributed by atoms with van der Waals surface area (Å²) in [5, 5.41) is 9.27. The predicted octanol–water partition coefficient (Wildman–Crippen LogP) is 3.38. The van der Waals surface area contributed by atoms with Crippen LogP contribution in [0, 0.1) is 5.41 Å². The molecule has 0 amide bonds. The Labute approximate surface area is 117 Å². The van der Waals surface area contributed by atoms with Crippen LogP contribution >= 0.6 is 15.9 Å². The summed E-state index contributed by atoms with van der Waals surface area (Å²) in [6, 6.07) is 8.01. The Kier molecular flexibility index (Phi) is 5.35. The molecule has 0 saturated heterocycles. The van der Waals surface area contributed by atoms with Gasteiger partial charge in [-0.15, -0.1) is 0 Å². The molecule has 0 bridgehead atoms. The van der Waals surface area contributed by atoms with Gasteiger partial charge in [0.2, 0.25) is 0 Å². The molecule has 1 aromatic carbocycles. The van der Waals surface area contributed by atoms with E-state index in [-0.39, 0.29) is 0 Å². The monoisotopic (exact) mass is 313 g/mol. The Morgan fingerprint density at radius 1 is 1.44 bits per heavy atom. The zero-order valence-corrected chi connectivity index (χ0v) is 12.7. The van der Waals surface area contributed by atoms with Gasteiger partial charge >= 0.3 is 5.97 Å². The van der Waals surface area contributed by atoms with Crippen LogP contribution in [0.15, 0.2) is 28.7 Å². The highest BCUT2D eigenvalue weighted by Gasteiger charge is 2.32. The van der Waals surface area contributed by atoms with Crippen molar-refractivity contribution in [1.29, 1.82) is 0 Å². The summed E-state index contributed by atoms with van der Waals surface area (Å²) < 4.78 is 1.06. The first-order valence-corrected chi connectivity index (χ1v) is 6.83. The van der Waals surface area contributed by atoms with Gasteiger partial charge in [0.05, 0.1) is 5.41 Å². The van der Waals surface area contributed by atoms with E-state index < -0.39 is 11.4 Å². The van der Waals surface area contributed by atoms with Gasteiger partial charge in [-0.1, -0.05) is 41.1 Å². The van der Waals surface area contributed by atoms with E-state index in [1.165, 1.54) is 5.56 Å². The minimum atomic E-state index is -0.732. The van der Waals surface area contributed by atoms with Gasteiger partial charge in [-0.3, -0.25) is 4.79 Å². The van der Waals surface area contributed by atoms with Gasteiger partial charge < -0.3 is 10.0 Å². The Balaban J connectivity index is 2.70. The Morgan fingerprint density at radius 3 is 2.56 bits per heavy atom. The van der Waals surface area contributed by atoms with Crippen molar-refractivity contribution >= 4 is 21.9 Å². The topological polar surface area (TPSA) is 40.5 Å². The van der Waals surface area contributed by atoms with Gasteiger partial charge in [-0.05, 0) is 32.0 Å². The molecule has 0 heterocycles. The summed E-state index contributed by atoms with van der Waals surface area (Å²) in [4.78, 5) is 13.3. The predicted molar refractivity (Wildman–Crippen MR) is 76.5 cm³/mol. The van der Waals surface area contributed by atoms with Crippen molar-refractivity contribution in [2.45, 2.75) is 26.8 Å². The lowest BCUT2D eigenvalue weighted by Gasteiger charge is -2.29. The minimum absolute atomic E-state index is 0.542. The smallest absolute Gasteiger partial charge is 0.310 e. The molecule has 1 aromatic rings. The van der Waals surface area contributed by atoms with Crippen LogP contribution < -0.4 is 0 Å². The van der Waals surface area contributed by atoms with Crippen LogP contribution in [0.2, 0.25) is 0 Å². The van der Waals surface area contributed by atoms with E-state index in [0.717, 1.165) is 11.0 Å². The van der Waals surface area contributed by atoms with E-state index in [2.05, 4.69) is 20.8 Å². The van der Waals surface area contributed by atoms with Crippen molar-refractivity contribution in [2.75, 3.05) is 13.6 Å². The van der Waals surface area contributed by atoms with Crippen LogP contribution in [0.25, 0.3) is 0 Å². The van der Waals surface area contributed by atoms with Crippen LogP contribution in [0.4, 0.5) is 0 Å². The maximum atomic E-state index is 11.3. The quantitative estimate of drug-likeness (QED) is 0.875. The molecule has 0 aliphatic carbocycles. The van der Waals surface area contributed by atoms with Crippen molar-refractivity contribution in [2.24, 2.45) is 5.41 Å². The molecule has 0 aliphatic rings. The number of benzene rings is 1. The molecule has 1 atom stereocenters. The third kappa shape index (κ3) is 3.82. The minimum Gasteiger partial charge on any atom is -0.481 e. The first-order valence-electron chi connectivity index (χ1n) is 6.04. The van der Waals surface area contributed by atoms with Crippen LogP contribution in [-0.2, 0) is 11.3 Å². The second-order valence-corrected chi connectivity index (χ2v) is 5.84. The molecular formula is C14H20BrNO2. The second-order valence-electron chi connectivity index (χ2n) is 4.98. The number of hydrogen-bond donors (Lipinski definition) is 1. The van der Waals surface area contributed by atoms with E-state index in [0.29, 0.717) is 13.0 Å². The molecule has 4 heteroatoms. The maximum absolute atomic E-state index is 11.3. The third-order valence-corrected chi connectivity index (χ3v) is 4.09. The van der Waals surface area contributed by atoms with Crippen LogP contribution in [-0.4, -0.2) is 29.6 Å². The Hall–Kier alpha value is -0.870. The first kappa shape index (κ1) is 15.2. The van der Waals surface area contributed by atoms with E-state index in [4.69, 9.17) is 0 Å². The number of carbonyl (C=O) groups is 1. The molecule has 0 fully saturated rings. The fourth-order valence-electron chi connectivity index (χ4n) is 1.90. The maximum Gasteiger partial charge on any atom is 0.310 e. The number of carboxylic acid groups (broad SMARTS) is 1. The van der Waals surface area contributed by atoms with E-state index in [1.807, 2.05) is 38.2 Å². The summed E-state index contributed by atoms with van der Waals surface area (Å²) in [6.07, 6.45) is 0.628. The largest absolute Gasteiger partial charge is 0.481 e. The molecule has 100 valence electrons. The lowest BCUT2D eigenvalue weighted by molar-refractivity contribution is -0.149. The average Bonchev–Trinajstić information content (AvgIpc) is 2.31. The Morgan fingerprint density at radius 2 is 2.06 bits per heavy atom. The molecule has 1 N–H and O–H groups in total. The van der Waals surface area contributed by atoms with Gasteiger partial charge in [0, 0.05) is 17.6 Å². The average molecular weight is 314 g/mol. The second kappa shape index (κ2) is 6.34. The highest BCUT2D eigenvalue weighted by molar-refractivity contribution is 9.10. The van der Waals surface area contributed by atoms with E-state index in [1.54, 1.807) is 6.92 Å². The van der Waals surface area contributed by atoms with Gasteiger partial charge in [-0.25, -0.2) is 0 Å².